The molecule has 0 unspecified atom stereocenters. The fourth-order valence-corrected chi connectivity index (χ4v) is 2.05. The molecule has 1 aromatic heterocycles. The van der Waals surface area contributed by atoms with Crippen LogP contribution in [0.5, 0.6) is 0 Å². The third-order valence-corrected chi connectivity index (χ3v) is 2.97. The van der Waals surface area contributed by atoms with Gasteiger partial charge in [0.2, 0.25) is 0 Å². The summed E-state index contributed by atoms with van der Waals surface area (Å²) in [6.07, 6.45) is 4.34. The van der Waals surface area contributed by atoms with Crippen LogP contribution in [0.15, 0.2) is 30.5 Å². The van der Waals surface area contributed by atoms with Crippen LogP contribution in [0.25, 0.3) is 10.9 Å². The van der Waals surface area contributed by atoms with E-state index in [0.717, 1.165) is 31.0 Å². The van der Waals surface area contributed by atoms with Gasteiger partial charge >= 0.3 is 0 Å². The van der Waals surface area contributed by atoms with Gasteiger partial charge in [-0.1, -0.05) is 17.7 Å². The Kier molecular flexibility index (Phi) is 3.86. The molecule has 0 aliphatic heterocycles. The van der Waals surface area contributed by atoms with Crippen molar-refractivity contribution in [2.24, 2.45) is 0 Å². The molecule has 2 rings (SSSR count). The molecule has 0 atom stereocenters. The van der Waals surface area contributed by atoms with Crippen LogP contribution in [0.2, 0.25) is 5.02 Å². The van der Waals surface area contributed by atoms with Crippen molar-refractivity contribution in [2.45, 2.75) is 19.4 Å². The van der Waals surface area contributed by atoms with Crippen LogP contribution in [0.4, 0.5) is 0 Å². The molecule has 2 nitrogen and oxygen atoms in total. The number of hydrogen-bond acceptors (Lipinski definition) is 1. The summed E-state index contributed by atoms with van der Waals surface area (Å²) in [4.78, 5) is 0. The van der Waals surface area contributed by atoms with Gasteiger partial charge < -0.3 is 9.30 Å². The van der Waals surface area contributed by atoms with Crippen molar-refractivity contribution in [3.05, 3.63) is 35.5 Å². The van der Waals surface area contributed by atoms with E-state index in [1.54, 1.807) is 7.11 Å². The Bertz CT molecular complexity index is 464. The second kappa shape index (κ2) is 5.37. The molecule has 1 aromatic carbocycles. The zero-order valence-electron chi connectivity index (χ0n) is 9.45. The fourth-order valence-electron chi connectivity index (χ4n) is 1.88. The first-order valence-electron chi connectivity index (χ1n) is 5.54. The van der Waals surface area contributed by atoms with Crippen LogP contribution in [-0.2, 0) is 11.3 Å². The van der Waals surface area contributed by atoms with Gasteiger partial charge in [-0.05, 0) is 36.4 Å². The number of fused-ring (bicyclic) bond motifs is 1. The predicted octanol–water partition coefficient (Wildman–Crippen LogP) is 3.72. The molecule has 0 amide bonds. The third-order valence-electron chi connectivity index (χ3n) is 2.73. The van der Waals surface area contributed by atoms with Crippen molar-refractivity contribution < 1.29 is 4.74 Å². The van der Waals surface area contributed by atoms with Gasteiger partial charge in [0.15, 0.2) is 0 Å². The van der Waals surface area contributed by atoms with Crippen LogP contribution < -0.4 is 0 Å². The molecular weight excluding hydrogens is 222 g/mol. The summed E-state index contributed by atoms with van der Waals surface area (Å²) in [5.74, 6) is 0. The molecule has 0 saturated heterocycles. The van der Waals surface area contributed by atoms with E-state index in [2.05, 4.69) is 22.9 Å². The second-order valence-electron chi connectivity index (χ2n) is 3.91. The van der Waals surface area contributed by atoms with E-state index < -0.39 is 0 Å². The van der Waals surface area contributed by atoms with Gasteiger partial charge in [-0.25, -0.2) is 0 Å². The molecule has 1 heterocycles. The van der Waals surface area contributed by atoms with Gasteiger partial charge in [0.1, 0.15) is 0 Å². The Hall–Kier alpha value is -0.990. The number of halogens is 1. The SMILES string of the molecule is COCCCCn1ccc2ccc(Cl)cc21. The largest absolute Gasteiger partial charge is 0.385 e. The van der Waals surface area contributed by atoms with Crippen LogP contribution in [0.1, 0.15) is 12.8 Å². The van der Waals surface area contributed by atoms with Crippen LogP contribution >= 0.6 is 11.6 Å². The van der Waals surface area contributed by atoms with Crippen LogP contribution in [0, 0.1) is 0 Å². The van der Waals surface area contributed by atoms with Crippen molar-refractivity contribution in [3.8, 4) is 0 Å². The van der Waals surface area contributed by atoms with E-state index in [1.807, 2.05) is 12.1 Å². The lowest BCUT2D eigenvalue weighted by Gasteiger charge is -2.05. The molecule has 0 saturated carbocycles. The predicted molar refractivity (Wildman–Crippen MR) is 68.1 cm³/mol. The Morgan fingerprint density at radius 2 is 2.12 bits per heavy atom. The van der Waals surface area contributed by atoms with Crippen molar-refractivity contribution in [1.29, 1.82) is 0 Å². The van der Waals surface area contributed by atoms with E-state index in [-0.39, 0.29) is 0 Å². The minimum Gasteiger partial charge on any atom is -0.385 e. The minimum absolute atomic E-state index is 0.796. The Morgan fingerprint density at radius 1 is 1.25 bits per heavy atom. The smallest absolute Gasteiger partial charge is 0.0495 e. The topological polar surface area (TPSA) is 14.2 Å². The molecule has 0 fully saturated rings. The van der Waals surface area contributed by atoms with Gasteiger partial charge in [-0.2, -0.15) is 0 Å². The number of aryl methyl sites for hydroxylation is 1. The van der Waals surface area contributed by atoms with Crippen LogP contribution in [0.3, 0.4) is 0 Å². The summed E-state index contributed by atoms with van der Waals surface area (Å²) < 4.78 is 7.28. The number of nitrogens with zero attached hydrogens (tertiary/aromatic N) is 1. The molecule has 0 N–H and O–H groups in total. The second-order valence-corrected chi connectivity index (χ2v) is 4.35. The maximum Gasteiger partial charge on any atom is 0.0495 e. The van der Waals surface area contributed by atoms with Crippen LogP contribution in [-0.4, -0.2) is 18.3 Å². The number of unbranched alkanes of at least 4 members (excludes halogenated alkanes) is 1. The fraction of sp³-hybridized carbons (Fsp3) is 0.385. The lowest BCUT2D eigenvalue weighted by molar-refractivity contribution is 0.191. The molecule has 3 heteroatoms. The van der Waals surface area contributed by atoms with E-state index in [1.165, 1.54) is 10.9 Å². The first-order chi connectivity index (χ1) is 7.81. The highest BCUT2D eigenvalue weighted by molar-refractivity contribution is 6.31. The minimum atomic E-state index is 0.796. The molecule has 16 heavy (non-hydrogen) atoms. The summed E-state index contributed by atoms with van der Waals surface area (Å²) in [7, 11) is 1.74. The highest BCUT2D eigenvalue weighted by Crippen LogP contribution is 2.20. The summed E-state index contributed by atoms with van der Waals surface area (Å²) >= 11 is 6.00. The van der Waals surface area contributed by atoms with Gasteiger partial charge in [0.05, 0.1) is 0 Å². The molecule has 2 aromatic rings. The van der Waals surface area contributed by atoms with Crippen molar-refractivity contribution in [1.82, 2.24) is 4.57 Å². The normalized spacial score (nSPS) is 11.1. The van der Waals surface area contributed by atoms with E-state index in [4.69, 9.17) is 16.3 Å². The first kappa shape index (κ1) is 11.5. The quantitative estimate of drug-likeness (QED) is 0.723. The molecule has 86 valence electrons. The monoisotopic (exact) mass is 237 g/mol. The zero-order chi connectivity index (χ0) is 11.4. The molecular formula is C13H16ClNO. The molecule has 0 bridgehead atoms. The molecule has 0 radical (unpaired) electrons. The summed E-state index contributed by atoms with van der Waals surface area (Å²) in [5.41, 5.74) is 1.21. The van der Waals surface area contributed by atoms with E-state index in [9.17, 15) is 0 Å². The maximum atomic E-state index is 6.00. The zero-order valence-corrected chi connectivity index (χ0v) is 10.2. The summed E-state index contributed by atoms with van der Waals surface area (Å²) in [6.45, 7) is 1.85. The number of rotatable bonds is 5. The number of ether oxygens (including phenoxy) is 1. The Morgan fingerprint density at radius 3 is 2.94 bits per heavy atom. The Labute approximate surface area is 101 Å². The van der Waals surface area contributed by atoms with Crippen molar-refractivity contribution in [3.63, 3.8) is 0 Å². The maximum absolute atomic E-state index is 6.00. The number of hydrogen-bond donors (Lipinski definition) is 0. The number of aromatic nitrogens is 1. The number of methoxy groups -OCH3 is 1. The molecule has 0 aliphatic rings. The van der Waals surface area contributed by atoms with Gasteiger partial charge in [-0.15, -0.1) is 0 Å². The Balaban J connectivity index is 2.09. The average Bonchev–Trinajstić information content (AvgIpc) is 2.67. The van der Waals surface area contributed by atoms with Crippen molar-refractivity contribution in [2.75, 3.05) is 13.7 Å². The third kappa shape index (κ3) is 2.57. The summed E-state index contributed by atoms with van der Waals surface area (Å²) in [6, 6.07) is 8.14. The van der Waals surface area contributed by atoms with Crippen molar-refractivity contribution >= 4 is 22.5 Å². The number of benzene rings is 1. The van der Waals surface area contributed by atoms with Gasteiger partial charge in [-0.3, -0.25) is 0 Å². The van der Waals surface area contributed by atoms with E-state index >= 15 is 0 Å². The summed E-state index contributed by atoms with van der Waals surface area (Å²) in [5, 5.41) is 2.04. The van der Waals surface area contributed by atoms with Gasteiger partial charge in [0, 0.05) is 37.0 Å². The van der Waals surface area contributed by atoms with Gasteiger partial charge in [0.25, 0.3) is 0 Å². The van der Waals surface area contributed by atoms with E-state index in [0.29, 0.717) is 0 Å². The standard InChI is InChI=1S/C13H16ClNO/c1-16-9-3-2-7-15-8-6-11-4-5-12(14)10-13(11)15/h4-6,8,10H,2-3,7,9H2,1H3. The lowest BCUT2D eigenvalue weighted by atomic mass is 10.2. The highest BCUT2D eigenvalue weighted by Gasteiger charge is 2.01. The lowest BCUT2D eigenvalue weighted by Crippen LogP contribution is -1.98. The average molecular weight is 238 g/mol. The molecule has 0 aliphatic carbocycles. The molecule has 0 spiro atoms. The first-order valence-corrected chi connectivity index (χ1v) is 5.92. The highest BCUT2D eigenvalue weighted by atomic mass is 35.5.